The number of aryl methyl sites for hydroxylation is 1. The van der Waals surface area contributed by atoms with Crippen molar-refractivity contribution in [3.8, 4) is 0 Å². The molecular weight excluding hydrogens is 429 g/mol. The van der Waals surface area contributed by atoms with Crippen LogP contribution < -0.4 is 4.90 Å². The molecule has 1 fully saturated rings. The van der Waals surface area contributed by atoms with Gasteiger partial charge in [0, 0.05) is 26.2 Å². The van der Waals surface area contributed by atoms with Crippen LogP contribution in [-0.4, -0.2) is 16.8 Å². The molecule has 1 saturated heterocycles. The number of carbonyl (C=O) groups excluding carboxylic acids is 2. The summed E-state index contributed by atoms with van der Waals surface area (Å²) in [6, 6.07) is 14.6. The topological polar surface area (TPSA) is 57.6 Å². The van der Waals surface area contributed by atoms with E-state index in [0.717, 1.165) is 10.4 Å². The fourth-order valence-electron chi connectivity index (χ4n) is 3.31. The van der Waals surface area contributed by atoms with Gasteiger partial charge in [0.15, 0.2) is 0 Å². The van der Waals surface area contributed by atoms with Crippen LogP contribution in [0.2, 0.25) is 10.0 Å². The Hall–Kier alpha value is -2.60. The zero-order valence-corrected chi connectivity index (χ0v) is 17.6. The summed E-state index contributed by atoms with van der Waals surface area (Å²) < 4.78 is 0. The van der Waals surface area contributed by atoms with Crippen LogP contribution in [0, 0.1) is 6.92 Å². The van der Waals surface area contributed by atoms with E-state index in [1.165, 1.54) is 16.2 Å². The maximum absolute atomic E-state index is 13.0. The Bertz CT molecular complexity index is 1140. The third-order valence-corrected chi connectivity index (χ3v) is 6.39. The standard InChI is InChI=1S/C22H15Cl2NO3S/c1-12-4-9-15(11-16(12)24)25-19(17-3-2-10-29-17)18(21(27)22(25)28)20(26)13-5-7-14(23)8-6-13/h2-11,19,26H,1H3/b20-18-. The minimum absolute atomic E-state index is 0.0384. The number of hydrogen-bond donors (Lipinski definition) is 1. The highest BCUT2D eigenvalue weighted by Crippen LogP contribution is 2.44. The largest absolute Gasteiger partial charge is 0.507 e. The molecule has 1 unspecified atom stereocenters. The molecule has 1 atom stereocenters. The van der Waals surface area contributed by atoms with Gasteiger partial charge in [0.25, 0.3) is 11.7 Å². The molecule has 0 bridgehead atoms. The number of Topliss-reactive ketones (excluding diaryl/α,β-unsaturated/α-hetero) is 1. The first-order valence-corrected chi connectivity index (χ1v) is 10.4. The Morgan fingerprint density at radius 3 is 2.41 bits per heavy atom. The summed E-state index contributed by atoms with van der Waals surface area (Å²) >= 11 is 13.6. The highest BCUT2D eigenvalue weighted by Gasteiger charge is 2.47. The van der Waals surface area contributed by atoms with Crippen LogP contribution in [0.1, 0.15) is 22.0 Å². The van der Waals surface area contributed by atoms with E-state index in [4.69, 9.17) is 23.2 Å². The Balaban J connectivity index is 1.92. The van der Waals surface area contributed by atoms with Gasteiger partial charge in [-0.2, -0.15) is 0 Å². The fraction of sp³-hybridized carbons (Fsp3) is 0.0909. The van der Waals surface area contributed by atoms with Gasteiger partial charge in [-0.15, -0.1) is 11.3 Å². The molecular formula is C22H15Cl2NO3S. The van der Waals surface area contributed by atoms with Crippen LogP contribution in [0.5, 0.6) is 0 Å². The second kappa shape index (κ2) is 7.67. The van der Waals surface area contributed by atoms with Crippen LogP contribution >= 0.6 is 34.5 Å². The van der Waals surface area contributed by atoms with Gasteiger partial charge in [0.05, 0.1) is 5.57 Å². The lowest BCUT2D eigenvalue weighted by Crippen LogP contribution is -2.29. The highest BCUT2D eigenvalue weighted by atomic mass is 35.5. The van der Waals surface area contributed by atoms with Crippen LogP contribution in [0.4, 0.5) is 5.69 Å². The number of nitrogens with zero attached hydrogens (tertiary/aromatic N) is 1. The van der Waals surface area contributed by atoms with E-state index in [-0.39, 0.29) is 11.3 Å². The Morgan fingerprint density at radius 2 is 1.79 bits per heavy atom. The third-order valence-electron chi connectivity index (χ3n) is 4.81. The van der Waals surface area contributed by atoms with Crippen molar-refractivity contribution in [3.05, 3.63) is 91.6 Å². The van der Waals surface area contributed by atoms with Crippen molar-refractivity contribution in [2.24, 2.45) is 0 Å². The molecule has 1 aromatic heterocycles. The van der Waals surface area contributed by atoms with E-state index in [1.807, 2.05) is 24.4 Å². The first-order valence-electron chi connectivity index (χ1n) is 8.75. The van der Waals surface area contributed by atoms with Crippen molar-refractivity contribution in [2.75, 3.05) is 4.90 Å². The SMILES string of the molecule is Cc1ccc(N2C(=O)C(=O)/C(=C(\O)c3ccc(Cl)cc3)C2c2cccs2)cc1Cl. The number of amides is 1. The molecule has 0 radical (unpaired) electrons. The first-order chi connectivity index (χ1) is 13.9. The van der Waals surface area contributed by atoms with E-state index in [2.05, 4.69) is 0 Å². The third kappa shape index (κ3) is 3.46. The summed E-state index contributed by atoms with van der Waals surface area (Å²) in [4.78, 5) is 28.1. The molecule has 4 nitrogen and oxygen atoms in total. The summed E-state index contributed by atoms with van der Waals surface area (Å²) in [6.07, 6.45) is 0. The van der Waals surface area contributed by atoms with E-state index >= 15 is 0 Å². The molecule has 1 N–H and O–H groups in total. The summed E-state index contributed by atoms with van der Waals surface area (Å²) in [7, 11) is 0. The minimum atomic E-state index is -0.746. The van der Waals surface area contributed by atoms with Crippen LogP contribution in [0.15, 0.2) is 65.6 Å². The van der Waals surface area contributed by atoms with Crippen molar-refractivity contribution in [2.45, 2.75) is 13.0 Å². The zero-order valence-electron chi connectivity index (χ0n) is 15.2. The number of aliphatic hydroxyl groups excluding tert-OH is 1. The molecule has 0 saturated carbocycles. The van der Waals surface area contributed by atoms with Crippen molar-refractivity contribution < 1.29 is 14.7 Å². The number of halogens is 2. The van der Waals surface area contributed by atoms with Crippen LogP contribution in [0.25, 0.3) is 5.76 Å². The molecule has 29 heavy (non-hydrogen) atoms. The number of anilines is 1. The Kier molecular flexibility index (Phi) is 5.21. The van der Waals surface area contributed by atoms with Crippen LogP contribution in [-0.2, 0) is 9.59 Å². The van der Waals surface area contributed by atoms with Gasteiger partial charge < -0.3 is 5.11 Å². The number of hydrogen-bond acceptors (Lipinski definition) is 4. The molecule has 0 aliphatic carbocycles. The lowest BCUT2D eigenvalue weighted by atomic mass is 9.99. The van der Waals surface area contributed by atoms with Gasteiger partial charge >= 0.3 is 0 Å². The van der Waals surface area contributed by atoms with E-state index in [9.17, 15) is 14.7 Å². The Labute approximate surface area is 181 Å². The van der Waals surface area contributed by atoms with E-state index < -0.39 is 17.7 Å². The van der Waals surface area contributed by atoms with Gasteiger partial charge in [-0.1, -0.05) is 35.3 Å². The second-order valence-corrected chi connectivity index (χ2v) is 8.45. The maximum atomic E-state index is 13.0. The van der Waals surface area contributed by atoms with Crippen molar-refractivity contribution in [1.82, 2.24) is 0 Å². The average molecular weight is 444 g/mol. The van der Waals surface area contributed by atoms with Gasteiger partial charge in [0.1, 0.15) is 11.8 Å². The molecule has 2 heterocycles. The molecule has 0 spiro atoms. The summed E-state index contributed by atoms with van der Waals surface area (Å²) in [5.41, 5.74) is 1.81. The molecule has 4 rings (SSSR count). The lowest BCUT2D eigenvalue weighted by molar-refractivity contribution is -0.132. The Morgan fingerprint density at radius 1 is 1.07 bits per heavy atom. The lowest BCUT2D eigenvalue weighted by Gasteiger charge is -2.24. The monoisotopic (exact) mass is 443 g/mol. The van der Waals surface area contributed by atoms with Crippen LogP contribution in [0.3, 0.4) is 0 Å². The predicted octanol–water partition coefficient (Wildman–Crippen LogP) is 5.99. The van der Waals surface area contributed by atoms with Gasteiger partial charge in [-0.25, -0.2) is 0 Å². The zero-order chi connectivity index (χ0) is 20.7. The molecule has 3 aromatic rings. The predicted molar refractivity (Wildman–Crippen MR) is 117 cm³/mol. The van der Waals surface area contributed by atoms with Crippen molar-refractivity contribution in [1.29, 1.82) is 0 Å². The number of thiophene rings is 1. The van der Waals surface area contributed by atoms with E-state index in [1.54, 1.807) is 42.5 Å². The van der Waals surface area contributed by atoms with Crippen molar-refractivity contribution in [3.63, 3.8) is 0 Å². The normalized spacial score (nSPS) is 18.4. The van der Waals surface area contributed by atoms with Crippen molar-refractivity contribution >= 4 is 57.7 Å². The fourth-order valence-corrected chi connectivity index (χ4v) is 4.43. The highest BCUT2D eigenvalue weighted by molar-refractivity contribution is 7.10. The van der Waals surface area contributed by atoms with Gasteiger partial charge in [-0.3, -0.25) is 14.5 Å². The molecule has 1 aliphatic heterocycles. The molecule has 146 valence electrons. The average Bonchev–Trinajstić information content (AvgIpc) is 3.32. The van der Waals surface area contributed by atoms with Gasteiger partial charge in [-0.05, 0) is 60.3 Å². The summed E-state index contributed by atoms with van der Waals surface area (Å²) in [5, 5.41) is 13.8. The number of benzene rings is 2. The number of ketones is 1. The minimum Gasteiger partial charge on any atom is -0.507 e. The number of carbonyl (C=O) groups is 2. The van der Waals surface area contributed by atoms with Gasteiger partial charge in [0.2, 0.25) is 0 Å². The number of rotatable bonds is 3. The quantitative estimate of drug-likeness (QED) is 0.307. The van der Waals surface area contributed by atoms with E-state index in [0.29, 0.717) is 21.3 Å². The smallest absolute Gasteiger partial charge is 0.300 e. The number of aliphatic hydroxyl groups is 1. The summed E-state index contributed by atoms with van der Waals surface area (Å²) in [5.74, 6) is -1.69. The molecule has 2 aromatic carbocycles. The maximum Gasteiger partial charge on any atom is 0.300 e. The first kappa shape index (κ1) is 19.7. The second-order valence-electron chi connectivity index (χ2n) is 6.62. The molecule has 1 aliphatic rings. The molecule has 7 heteroatoms. The molecule has 1 amide bonds. The summed E-state index contributed by atoms with van der Waals surface area (Å²) in [6.45, 7) is 1.86.